The summed E-state index contributed by atoms with van der Waals surface area (Å²) in [6.45, 7) is 0. The van der Waals surface area contributed by atoms with Crippen molar-refractivity contribution in [1.82, 2.24) is 4.98 Å². The van der Waals surface area contributed by atoms with Crippen molar-refractivity contribution >= 4 is 21.8 Å². The highest BCUT2D eigenvalue weighted by Crippen LogP contribution is 2.43. The van der Waals surface area contributed by atoms with Gasteiger partial charge in [-0.2, -0.15) is 0 Å². The second-order valence-electron chi connectivity index (χ2n) is 8.83. The number of hydrogen-bond donors (Lipinski definition) is 2. The minimum atomic E-state index is 0.322. The molecule has 2 N–H and O–H groups in total. The molecule has 0 bridgehead atoms. The summed E-state index contributed by atoms with van der Waals surface area (Å²) >= 11 is 0. The van der Waals surface area contributed by atoms with Crippen LogP contribution in [-0.4, -0.2) is 10.1 Å². The van der Waals surface area contributed by atoms with Crippen molar-refractivity contribution in [2.24, 2.45) is 0 Å². The molecule has 2 heteroatoms. The van der Waals surface area contributed by atoms with Gasteiger partial charge in [0.05, 0.1) is 5.52 Å². The van der Waals surface area contributed by atoms with E-state index in [4.69, 9.17) is 0 Å². The van der Waals surface area contributed by atoms with Crippen LogP contribution in [0.5, 0.6) is 5.75 Å². The summed E-state index contributed by atoms with van der Waals surface area (Å²) in [6, 6.07) is 39.9. The Hall–Kier alpha value is -4.30. The molecule has 1 aromatic heterocycles. The van der Waals surface area contributed by atoms with Crippen molar-refractivity contribution in [3.05, 3.63) is 138 Å². The first-order valence-corrected chi connectivity index (χ1v) is 11.7. The maximum absolute atomic E-state index is 11.2. The molecule has 0 saturated carbocycles. The molecule has 0 aliphatic heterocycles. The van der Waals surface area contributed by atoms with Gasteiger partial charge < -0.3 is 10.1 Å². The molecule has 164 valence electrons. The van der Waals surface area contributed by atoms with Crippen LogP contribution in [0.3, 0.4) is 0 Å². The lowest BCUT2D eigenvalue weighted by Gasteiger charge is -2.17. The summed E-state index contributed by atoms with van der Waals surface area (Å²) in [5.74, 6) is 0.322. The Morgan fingerprint density at radius 3 is 1.91 bits per heavy atom. The molecule has 0 radical (unpaired) electrons. The summed E-state index contributed by atoms with van der Waals surface area (Å²) in [6.07, 6.45) is 1.60. The fourth-order valence-corrected chi connectivity index (χ4v) is 5.06. The summed E-state index contributed by atoms with van der Waals surface area (Å²) < 4.78 is 0. The molecule has 0 fully saturated rings. The normalized spacial score (nSPS) is 11.3. The fourth-order valence-electron chi connectivity index (χ4n) is 5.06. The zero-order chi connectivity index (χ0) is 22.9. The van der Waals surface area contributed by atoms with Crippen LogP contribution in [0.15, 0.2) is 115 Å². The van der Waals surface area contributed by atoms with E-state index in [9.17, 15) is 5.11 Å². The number of hydrogen-bond acceptors (Lipinski definition) is 1. The molecule has 0 aliphatic carbocycles. The molecule has 0 saturated heterocycles. The van der Waals surface area contributed by atoms with Crippen LogP contribution in [0.4, 0.5) is 0 Å². The van der Waals surface area contributed by atoms with Crippen molar-refractivity contribution in [2.45, 2.75) is 12.8 Å². The van der Waals surface area contributed by atoms with E-state index >= 15 is 0 Å². The summed E-state index contributed by atoms with van der Waals surface area (Å²) in [4.78, 5) is 3.64. The minimum absolute atomic E-state index is 0.322. The van der Waals surface area contributed by atoms with Crippen LogP contribution >= 0.6 is 0 Å². The topological polar surface area (TPSA) is 36.0 Å². The van der Waals surface area contributed by atoms with Crippen LogP contribution in [-0.2, 0) is 12.8 Å². The van der Waals surface area contributed by atoms with Gasteiger partial charge in [-0.3, -0.25) is 0 Å². The van der Waals surface area contributed by atoms with Gasteiger partial charge in [0.25, 0.3) is 0 Å². The van der Waals surface area contributed by atoms with Gasteiger partial charge in [-0.1, -0.05) is 103 Å². The molecular formula is C32H25NO. The fraction of sp³-hybridized carbons (Fsp3) is 0.0625. The number of phenols is 1. The van der Waals surface area contributed by atoms with Gasteiger partial charge in [-0.05, 0) is 52.8 Å². The molecular weight excluding hydrogens is 414 g/mol. The predicted molar refractivity (Wildman–Crippen MR) is 141 cm³/mol. The molecule has 0 aliphatic rings. The molecule has 5 aromatic carbocycles. The SMILES string of the molecule is Oc1cc(Cc2ccccc2)c(-c2ccccc2Cc2ccccc2)c2[nH]c3ccccc3c12. The number of phenolic OH excluding ortho intramolecular Hbond substituents is 1. The van der Waals surface area contributed by atoms with E-state index in [2.05, 4.69) is 96.0 Å². The van der Waals surface area contributed by atoms with E-state index in [1.54, 1.807) is 0 Å². The highest BCUT2D eigenvalue weighted by Gasteiger charge is 2.20. The summed E-state index contributed by atoms with van der Waals surface area (Å²) in [5.41, 5.74) is 9.29. The third-order valence-corrected chi connectivity index (χ3v) is 6.61. The Bertz CT molecular complexity index is 1600. The monoisotopic (exact) mass is 439 g/mol. The third-order valence-electron chi connectivity index (χ3n) is 6.61. The van der Waals surface area contributed by atoms with Crippen molar-refractivity contribution in [1.29, 1.82) is 0 Å². The number of para-hydroxylation sites is 1. The first-order chi connectivity index (χ1) is 16.8. The predicted octanol–water partition coefficient (Wildman–Crippen LogP) is 7.88. The Morgan fingerprint density at radius 1 is 0.588 bits per heavy atom. The lowest BCUT2D eigenvalue weighted by atomic mass is 9.88. The Labute approximate surface area is 199 Å². The van der Waals surface area contributed by atoms with Crippen molar-refractivity contribution < 1.29 is 5.11 Å². The van der Waals surface area contributed by atoms with Crippen LogP contribution in [0.25, 0.3) is 32.9 Å². The molecule has 0 unspecified atom stereocenters. The Balaban J connectivity index is 1.63. The average molecular weight is 440 g/mol. The number of aromatic hydroxyl groups is 1. The number of benzene rings is 5. The third kappa shape index (κ3) is 3.64. The van der Waals surface area contributed by atoms with Gasteiger partial charge in [-0.15, -0.1) is 0 Å². The molecule has 34 heavy (non-hydrogen) atoms. The van der Waals surface area contributed by atoms with Gasteiger partial charge in [-0.25, -0.2) is 0 Å². The van der Waals surface area contributed by atoms with Crippen LogP contribution in [0, 0.1) is 0 Å². The van der Waals surface area contributed by atoms with Gasteiger partial charge in [0.2, 0.25) is 0 Å². The van der Waals surface area contributed by atoms with E-state index in [0.717, 1.165) is 40.2 Å². The van der Waals surface area contributed by atoms with Crippen LogP contribution in [0.2, 0.25) is 0 Å². The van der Waals surface area contributed by atoms with Crippen molar-refractivity contribution in [3.63, 3.8) is 0 Å². The van der Waals surface area contributed by atoms with Crippen LogP contribution in [0.1, 0.15) is 22.3 Å². The van der Waals surface area contributed by atoms with Crippen LogP contribution < -0.4 is 0 Å². The molecule has 1 heterocycles. The van der Waals surface area contributed by atoms with Gasteiger partial charge in [0, 0.05) is 21.9 Å². The number of aromatic nitrogens is 1. The number of rotatable bonds is 5. The number of nitrogens with one attached hydrogen (secondary N) is 1. The first-order valence-electron chi connectivity index (χ1n) is 11.7. The maximum Gasteiger partial charge on any atom is 0.125 e. The smallest absolute Gasteiger partial charge is 0.125 e. The van der Waals surface area contributed by atoms with E-state index in [0.29, 0.717) is 5.75 Å². The molecule has 2 nitrogen and oxygen atoms in total. The lowest BCUT2D eigenvalue weighted by Crippen LogP contribution is -1.98. The molecule has 0 atom stereocenters. The Morgan fingerprint density at radius 2 is 1.18 bits per heavy atom. The maximum atomic E-state index is 11.2. The molecule has 6 aromatic rings. The first kappa shape index (κ1) is 20.3. The van der Waals surface area contributed by atoms with E-state index in [1.807, 2.05) is 24.3 Å². The quantitative estimate of drug-likeness (QED) is 0.282. The highest BCUT2D eigenvalue weighted by atomic mass is 16.3. The molecule has 0 amide bonds. The van der Waals surface area contributed by atoms with Gasteiger partial charge in [0.15, 0.2) is 0 Å². The number of H-pyrrole nitrogens is 1. The second-order valence-corrected chi connectivity index (χ2v) is 8.83. The van der Waals surface area contributed by atoms with E-state index in [-0.39, 0.29) is 0 Å². The zero-order valence-corrected chi connectivity index (χ0v) is 18.8. The van der Waals surface area contributed by atoms with E-state index < -0.39 is 0 Å². The summed E-state index contributed by atoms with van der Waals surface area (Å²) in [7, 11) is 0. The van der Waals surface area contributed by atoms with Crippen molar-refractivity contribution in [2.75, 3.05) is 0 Å². The second kappa shape index (κ2) is 8.57. The summed E-state index contributed by atoms with van der Waals surface area (Å²) in [5, 5.41) is 13.1. The molecule has 6 rings (SSSR count). The number of fused-ring (bicyclic) bond motifs is 3. The van der Waals surface area contributed by atoms with E-state index in [1.165, 1.54) is 27.8 Å². The standard InChI is InChI=1S/C32H25NO/c34-29-21-25(20-23-13-5-2-6-14-23)30(32-31(29)27-17-9-10-18-28(27)33-32)26-16-8-7-15-24(26)19-22-11-3-1-4-12-22/h1-18,21,33-34H,19-20H2. The minimum Gasteiger partial charge on any atom is -0.507 e. The average Bonchev–Trinajstić information content (AvgIpc) is 3.26. The largest absolute Gasteiger partial charge is 0.507 e. The highest BCUT2D eigenvalue weighted by molar-refractivity contribution is 6.15. The molecule has 0 spiro atoms. The number of aromatic amines is 1. The van der Waals surface area contributed by atoms with Gasteiger partial charge in [0.1, 0.15) is 5.75 Å². The lowest BCUT2D eigenvalue weighted by molar-refractivity contribution is 0.481. The Kier molecular flexibility index (Phi) is 5.12. The van der Waals surface area contributed by atoms with Crippen molar-refractivity contribution in [3.8, 4) is 16.9 Å². The van der Waals surface area contributed by atoms with Gasteiger partial charge >= 0.3 is 0 Å². The zero-order valence-electron chi connectivity index (χ0n) is 18.8.